The Kier molecular flexibility index (Phi) is 1.37. The molecule has 13 heavy (non-hydrogen) atoms. The molecule has 68 valence electrons. The normalized spacial score (nSPS) is 41.6. The van der Waals surface area contributed by atoms with Gasteiger partial charge in [-0.05, 0) is 30.7 Å². The van der Waals surface area contributed by atoms with E-state index >= 15 is 0 Å². The minimum atomic E-state index is 0.472. The van der Waals surface area contributed by atoms with E-state index < -0.39 is 0 Å². The number of nitrogens with two attached hydrogens (primary N) is 1. The third-order valence-electron chi connectivity index (χ3n) is 3.92. The highest BCUT2D eigenvalue weighted by atomic mass is 14.8. The predicted octanol–water partition coefficient (Wildman–Crippen LogP) is 2.07. The van der Waals surface area contributed by atoms with Crippen molar-refractivity contribution in [3.8, 4) is 0 Å². The van der Waals surface area contributed by atoms with Crippen molar-refractivity contribution in [3.63, 3.8) is 0 Å². The van der Waals surface area contributed by atoms with Crippen molar-refractivity contribution in [2.75, 3.05) is 0 Å². The Labute approximate surface area is 78.9 Å². The molecule has 2 aliphatic carbocycles. The molecule has 3 atom stereocenters. The minimum absolute atomic E-state index is 0.472. The largest absolute Gasteiger partial charge is 0.327 e. The molecule has 1 aromatic carbocycles. The van der Waals surface area contributed by atoms with E-state index in [0.717, 1.165) is 5.92 Å². The molecular weight excluding hydrogens is 158 g/mol. The molecule has 0 heterocycles. The molecule has 2 fully saturated rings. The van der Waals surface area contributed by atoms with E-state index in [2.05, 4.69) is 30.3 Å². The van der Waals surface area contributed by atoms with Crippen LogP contribution in [-0.2, 0) is 5.41 Å². The van der Waals surface area contributed by atoms with E-state index in [1.165, 1.54) is 24.8 Å². The van der Waals surface area contributed by atoms with Gasteiger partial charge in [0.05, 0.1) is 0 Å². The Morgan fingerprint density at radius 3 is 2.54 bits per heavy atom. The van der Waals surface area contributed by atoms with Gasteiger partial charge in [0.1, 0.15) is 0 Å². The second kappa shape index (κ2) is 2.36. The smallest absolute Gasteiger partial charge is 0.00763 e. The van der Waals surface area contributed by atoms with Crippen molar-refractivity contribution in [1.82, 2.24) is 0 Å². The van der Waals surface area contributed by atoms with Crippen molar-refractivity contribution < 1.29 is 0 Å². The molecule has 3 unspecified atom stereocenters. The topological polar surface area (TPSA) is 26.0 Å². The summed E-state index contributed by atoms with van der Waals surface area (Å²) < 4.78 is 0. The van der Waals surface area contributed by atoms with Gasteiger partial charge in [-0.1, -0.05) is 30.3 Å². The Morgan fingerprint density at radius 1 is 1.23 bits per heavy atom. The first-order valence-corrected chi connectivity index (χ1v) is 5.14. The van der Waals surface area contributed by atoms with Crippen LogP contribution in [0.3, 0.4) is 0 Å². The van der Waals surface area contributed by atoms with Crippen LogP contribution in [0.25, 0.3) is 0 Å². The van der Waals surface area contributed by atoms with Crippen LogP contribution >= 0.6 is 0 Å². The molecular formula is C12H15N. The van der Waals surface area contributed by atoms with Gasteiger partial charge in [0.25, 0.3) is 0 Å². The number of hydrogen-bond donors (Lipinski definition) is 1. The van der Waals surface area contributed by atoms with Gasteiger partial charge in [0.15, 0.2) is 0 Å². The summed E-state index contributed by atoms with van der Waals surface area (Å²) in [7, 11) is 0. The average molecular weight is 173 g/mol. The van der Waals surface area contributed by atoms with E-state index in [0.29, 0.717) is 11.5 Å². The number of fused-ring (bicyclic) bond motifs is 1. The molecule has 0 aliphatic heterocycles. The Bertz CT molecular complexity index is 319. The van der Waals surface area contributed by atoms with Gasteiger partial charge in [0, 0.05) is 11.5 Å². The SMILES string of the molecule is NC1CCC2(c3ccccc3)CC12. The quantitative estimate of drug-likeness (QED) is 0.691. The van der Waals surface area contributed by atoms with Crippen molar-refractivity contribution in [3.05, 3.63) is 35.9 Å². The summed E-state index contributed by atoms with van der Waals surface area (Å²) in [6.45, 7) is 0. The van der Waals surface area contributed by atoms with Crippen LogP contribution in [0.15, 0.2) is 30.3 Å². The van der Waals surface area contributed by atoms with Crippen LogP contribution in [-0.4, -0.2) is 6.04 Å². The minimum Gasteiger partial charge on any atom is -0.327 e. The zero-order chi connectivity index (χ0) is 8.89. The molecule has 1 nitrogen and oxygen atoms in total. The molecule has 2 saturated carbocycles. The lowest BCUT2D eigenvalue weighted by Gasteiger charge is -2.10. The van der Waals surface area contributed by atoms with Crippen LogP contribution in [0.5, 0.6) is 0 Å². The van der Waals surface area contributed by atoms with Crippen molar-refractivity contribution in [1.29, 1.82) is 0 Å². The highest BCUT2D eigenvalue weighted by Crippen LogP contribution is 2.63. The Hall–Kier alpha value is -0.820. The van der Waals surface area contributed by atoms with Gasteiger partial charge in [0.2, 0.25) is 0 Å². The fraction of sp³-hybridized carbons (Fsp3) is 0.500. The van der Waals surface area contributed by atoms with E-state index in [1.807, 2.05) is 0 Å². The molecule has 0 amide bonds. The lowest BCUT2D eigenvalue weighted by Crippen LogP contribution is -2.19. The standard InChI is InChI=1S/C12H15N/c13-11-6-7-12(8-10(11)12)9-4-2-1-3-5-9/h1-5,10-11H,6-8,13H2. The summed E-state index contributed by atoms with van der Waals surface area (Å²) in [5.41, 5.74) is 8.06. The molecule has 0 bridgehead atoms. The van der Waals surface area contributed by atoms with Gasteiger partial charge < -0.3 is 5.73 Å². The molecule has 2 N–H and O–H groups in total. The first kappa shape index (κ1) is 7.57. The van der Waals surface area contributed by atoms with Gasteiger partial charge in [-0.2, -0.15) is 0 Å². The van der Waals surface area contributed by atoms with E-state index in [-0.39, 0.29) is 0 Å². The second-order valence-electron chi connectivity index (χ2n) is 4.54. The van der Waals surface area contributed by atoms with Gasteiger partial charge in [-0.15, -0.1) is 0 Å². The van der Waals surface area contributed by atoms with Crippen LogP contribution in [0, 0.1) is 5.92 Å². The highest BCUT2D eigenvalue weighted by Gasteiger charge is 2.61. The fourth-order valence-electron chi connectivity index (χ4n) is 3.05. The second-order valence-corrected chi connectivity index (χ2v) is 4.54. The number of rotatable bonds is 1. The molecule has 0 spiro atoms. The molecule has 2 aliphatic rings. The first-order chi connectivity index (χ1) is 6.33. The predicted molar refractivity (Wildman–Crippen MR) is 53.4 cm³/mol. The van der Waals surface area contributed by atoms with Crippen molar-refractivity contribution >= 4 is 0 Å². The van der Waals surface area contributed by atoms with E-state index in [9.17, 15) is 0 Å². The maximum atomic E-state index is 6.04. The summed E-state index contributed by atoms with van der Waals surface area (Å²) in [6, 6.07) is 11.4. The summed E-state index contributed by atoms with van der Waals surface area (Å²) in [5, 5.41) is 0. The van der Waals surface area contributed by atoms with Gasteiger partial charge in [-0.25, -0.2) is 0 Å². The van der Waals surface area contributed by atoms with Crippen molar-refractivity contribution in [2.45, 2.75) is 30.7 Å². The van der Waals surface area contributed by atoms with Crippen LogP contribution in [0.2, 0.25) is 0 Å². The first-order valence-electron chi connectivity index (χ1n) is 5.14. The van der Waals surface area contributed by atoms with Crippen LogP contribution < -0.4 is 5.73 Å². The van der Waals surface area contributed by atoms with Crippen molar-refractivity contribution in [2.24, 2.45) is 11.7 Å². The third-order valence-corrected chi connectivity index (χ3v) is 3.92. The molecule has 0 aromatic heterocycles. The maximum absolute atomic E-state index is 6.04. The lowest BCUT2D eigenvalue weighted by atomic mass is 9.94. The monoisotopic (exact) mass is 173 g/mol. The summed E-state index contributed by atoms with van der Waals surface area (Å²) in [6.07, 6.45) is 3.86. The summed E-state index contributed by atoms with van der Waals surface area (Å²) in [4.78, 5) is 0. The van der Waals surface area contributed by atoms with Crippen LogP contribution in [0.1, 0.15) is 24.8 Å². The highest BCUT2D eigenvalue weighted by molar-refractivity contribution is 5.37. The fourth-order valence-corrected chi connectivity index (χ4v) is 3.05. The zero-order valence-corrected chi connectivity index (χ0v) is 7.74. The van der Waals surface area contributed by atoms with Crippen LogP contribution in [0.4, 0.5) is 0 Å². The third kappa shape index (κ3) is 0.910. The molecule has 0 saturated heterocycles. The van der Waals surface area contributed by atoms with E-state index in [1.54, 1.807) is 0 Å². The number of hydrogen-bond acceptors (Lipinski definition) is 1. The Morgan fingerprint density at radius 2 is 2.00 bits per heavy atom. The summed E-state index contributed by atoms with van der Waals surface area (Å²) >= 11 is 0. The molecule has 0 radical (unpaired) electrons. The lowest BCUT2D eigenvalue weighted by molar-refractivity contribution is 0.613. The maximum Gasteiger partial charge on any atom is 0.00763 e. The van der Waals surface area contributed by atoms with E-state index in [4.69, 9.17) is 5.73 Å². The van der Waals surface area contributed by atoms with Gasteiger partial charge >= 0.3 is 0 Å². The molecule has 1 aromatic rings. The van der Waals surface area contributed by atoms with Gasteiger partial charge in [-0.3, -0.25) is 0 Å². The molecule has 1 heteroatoms. The Balaban J connectivity index is 1.96. The summed E-state index contributed by atoms with van der Waals surface area (Å²) in [5.74, 6) is 0.787. The zero-order valence-electron chi connectivity index (χ0n) is 7.74. The molecule has 3 rings (SSSR count). The number of benzene rings is 1. The average Bonchev–Trinajstić information content (AvgIpc) is 2.85.